The highest BCUT2D eigenvalue weighted by molar-refractivity contribution is 6.33. The molecule has 378 valence electrons. The largest absolute Gasteiger partial charge is 0.467 e. The van der Waals surface area contributed by atoms with E-state index >= 15 is 17.6 Å². The molecule has 0 aliphatic rings. The van der Waals surface area contributed by atoms with Gasteiger partial charge >= 0.3 is 0 Å². The monoisotopic (exact) mass is 1010 g/mol. The molecule has 4 aromatic heterocycles. The van der Waals surface area contributed by atoms with Gasteiger partial charge in [-0.3, -0.25) is 0 Å². The molecule has 0 fully saturated rings. The number of nitrogens with zero attached hydrogens (tertiary/aromatic N) is 4. The fourth-order valence-electron chi connectivity index (χ4n) is 11.2. The molecule has 8 nitrogen and oxygen atoms in total. The third kappa shape index (κ3) is 7.73. The van der Waals surface area contributed by atoms with Crippen LogP contribution in [0.2, 0.25) is 0 Å². The van der Waals surface area contributed by atoms with Crippen LogP contribution in [0.1, 0.15) is 45.3 Å². The van der Waals surface area contributed by atoms with Crippen LogP contribution in [0.5, 0.6) is 0 Å². The van der Waals surface area contributed by atoms with Gasteiger partial charge in [0, 0.05) is 77.3 Å². The molecule has 0 saturated carbocycles. The van der Waals surface area contributed by atoms with E-state index in [1.807, 2.05) is 55.4 Å². The standard InChI is InChI=1S/C64H50F4N4O4/c1-35-31-73-39(5)61(35)69(47-17-9-43(65)10-18-47)55-29-56(70(48-19-11-44(66)12-20-48)62-36(2)32-74-40(62)6)52-27-28-54-58(72(50-23-15-46(68)16-24-50)64-38(4)34-76-42(64)8)30-57(53-26-25-51(55)59(52)60(53)54)71(49-21-13-45(67)14-22-49)63-37(3)33-75-41(63)7/h9-34H,1-8H3. The summed E-state index contributed by atoms with van der Waals surface area (Å²) in [5.41, 5.74) is 12.0. The van der Waals surface area contributed by atoms with Crippen molar-refractivity contribution < 1.29 is 35.2 Å². The van der Waals surface area contributed by atoms with Crippen LogP contribution in [-0.2, 0) is 0 Å². The Morgan fingerprint density at radius 3 is 0.645 bits per heavy atom. The molecule has 0 bridgehead atoms. The molecular formula is C64H50F4N4O4. The summed E-state index contributed by atoms with van der Waals surface area (Å²) in [4.78, 5) is 8.42. The van der Waals surface area contributed by atoms with Crippen LogP contribution in [0.3, 0.4) is 0 Å². The minimum absolute atomic E-state index is 0.392. The van der Waals surface area contributed by atoms with E-state index in [0.717, 1.165) is 100 Å². The lowest BCUT2D eigenvalue weighted by Crippen LogP contribution is -2.17. The number of benzene rings is 8. The molecule has 4 heterocycles. The van der Waals surface area contributed by atoms with Crippen molar-refractivity contribution in [3.05, 3.63) is 227 Å². The maximum Gasteiger partial charge on any atom is 0.124 e. The van der Waals surface area contributed by atoms with E-state index in [1.165, 1.54) is 48.5 Å². The molecule has 0 aliphatic carbocycles. The molecule has 0 amide bonds. The minimum Gasteiger partial charge on any atom is -0.467 e. The van der Waals surface area contributed by atoms with Crippen molar-refractivity contribution >= 4 is 101 Å². The van der Waals surface area contributed by atoms with Crippen molar-refractivity contribution in [2.75, 3.05) is 19.6 Å². The summed E-state index contributed by atoms with van der Waals surface area (Å²) in [7, 11) is 0. The number of rotatable bonds is 12. The van der Waals surface area contributed by atoms with Gasteiger partial charge in [-0.1, -0.05) is 24.3 Å². The van der Waals surface area contributed by atoms with Crippen molar-refractivity contribution in [1.29, 1.82) is 0 Å². The van der Waals surface area contributed by atoms with E-state index in [2.05, 4.69) is 56.0 Å². The van der Waals surface area contributed by atoms with Crippen LogP contribution in [0, 0.1) is 78.7 Å². The zero-order valence-corrected chi connectivity index (χ0v) is 42.9. The van der Waals surface area contributed by atoms with Crippen LogP contribution < -0.4 is 19.6 Å². The number of hydrogen-bond acceptors (Lipinski definition) is 8. The Balaban J connectivity index is 1.32. The highest BCUT2D eigenvalue weighted by Crippen LogP contribution is 2.57. The molecular weight excluding hydrogens is 965 g/mol. The molecule has 0 radical (unpaired) electrons. The predicted molar refractivity (Wildman–Crippen MR) is 296 cm³/mol. The van der Waals surface area contributed by atoms with Crippen LogP contribution in [0.4, 0.5) is 85.8 Å². The Bertz CT molecular complexity index is 3550. The number of anilines is 12. The Kier molecular flexibility index (Phi) is 11.5. The van der Waals surface area contributed by atoms with Crippen molar-refractivity contribution in [1.82, 2.24) is 0 Å². The Labute approximate surface area is 436 Å². The molecule has 0 atom stereocenters. The SMILES string of the molecule is Cc1coc(C)c1N(c1ccc(F)cc1)c1cc(N(c2ccc(F)cc2)c2c(C)coc2C)c2ccc3c(N(c4ccc(F)cc4)c4c(C)coc4C)cc(N(c4ccc(F)cc4)c4c(C)coc4C)c4ccc1c2c43. The van der Waals surface area contributed by atoms with E-state index in [1.54, 1.807) is 73.6 Å². The maximum atomic E-state index is 15.1. The van der Waals surface area contributed by atoms with Gasteiger partial charge in [-0.2, -0.15) is 0 Å². The number of halogens is 4. The molecule has 0 aliphatic heterocycles. The second kappa shape index (κ2) is 18.3. The van der Waals surface area contributed by atoms with Crippen molar-refractivity contribution in [3.8, 4) is 0 Å². The first kappa shape index (κ1) is 47.8. The fourth-order valence-corrected chi connectivity index (χ4v) is 11.2. The van der Waals surface area contributed by atoms with E-state index in [0.29, 0.717) is 45.8 Å². The molecule has 76 heavy (non-hydrogen) atoms. The van der Waals surface area contributed by atoms with Crippen LogP contribution in [-0.4, -0.2) is 0 Å². The highest BCUT2D eigenvalue weighted by Gasteiger charge is 2.33. The molecule has 12 rings (SSSR count). The second-order valence-electron chi connectivity index (χ2n) is 19.4. The first-order valence-electron chi connectivity index (χ1n) is 24.9. The number of aryl methyl sites for hydroxylation is 8. The van der Waals surface area contributed by atoms with Crippen molar-refractivity contribution in [2.24, 2.45) is 0 Å². The Hall–Kier alpha value is -9.16. The summed E-state index contributed by atoms with van der Waals surface area (Å²) >= 11 is 0. The van der Waals surface area contributed by atoms with Crippen LogP contribution in [0.25, 0.3) is 32.3 Å². The number of furan rings is 4. The summed E-state index contributed by atoms with van der Waals surface area (Å²) < 4.78 is 84.9. The topological polar surface area (TPSA) is 65.5 Å². The van der Waals surface area contributed by atoms with Gasteiger partial charge in [0.05, 0.1) is 70.6 Å². The van der Waals surface area contributed by atoms with Crippen molar-refractivity contribution in [2.45, 2.75) is 55.4 Å². The Morgan fingerprint density at radius 1 is 0.276 bits per heavy atom. The highest BCUT2D eigenvalue weighted by atomic mass is 19.1. The lowest BCUT2D eigenvalue weighted by Gasteiger charge is -2.34. The molecule has 0 N–H and O–H groups in total. The third-order valence-corrected chi connectivity index (χ3v) is 14.5. The average Bonchev–Trinajstić information content (AvgIpc) is 4.25. The molecule has 0 saturated heterocycles. The van der Waals surface area contributed by atoms with Gasteiger partial charge in [-0.25, -0.2) is 17.6 Å². The molecule has 0 spiro atoms. The van der Waals surface area contributed by atoms with Gasteiger partial charge in [-0.15, -0.1) is 0 Å². The molecule has 8 aromatic carbocycles. The number of hydrogen-bond donors (Lipinski definition) is 0. The quantitative estimate of drug-likeness (QED) is 0.0886. The van der Waals surface area contributed by atoms with E-state index in [-0.39, 0.29) is 0 Å². The average molecular weight is 1020 g/mol. The predicted octanol–water partition coefficient (Wildman–Crippen LogP) is 19.9. The summed E-state index contributed by atoms with van der Waals surface area (Å²) in [6, 6.07) is 38.3. The first-order chi connectivity index (χ1) is 36.7. The summed E-state index contributed by atoms with van der Waals surface area (Å²) in [5.74, 6) is 0.976. The Morgan fingerprint density at radius 2 is 0.474 bits per heavy atom. The second-order valence-corrected chi connectivity index (χ2v) is 19.4. The van der Waals surface area contributed by atoms with Gasteiger partial charge in [0.1, 0.15) is 46.3 Å². The molecule has 12 heteroatoms. The zero-order chi connectivity index (χ0) is 52.8. The minimum atomic E-state index is -0.392. The summed E-state index contributed by atoms with van der Waals surface area (Å²) in [6.07, 6.45) is 6.86. The molecule has 0 unspecified atom stereocenters. The molecule has 12 aromatic rings. The fraction of sp³-hybridized carbons (Fsp3) is 0.125. The summed E-state index contributed by atoms with van der Waals surface area (Å²) in [5, 5.41) is 5.02. The van der Waals surface area contributed by atoms with Gasteiger partial charge in [-0.05, 0) is 165 Å². The van der Waals surface area contributed by atoms with E-state index in [4.69, 9.17) is 17.7 Å². The third-order valence-electron chi connectivity index (χ3n) is 14.5. The zero-order valence-electron chi connectivity index (χ0n) is 42.9. The van der Waals surface area contributed by atoms with Gasteiger partial charge in [0.15, 0.2) is 0 Å². The van der Waals surface area contributed by atoms with Gasteiger partial charge < -0.3 is 37.3 Å². The van der Waals surface area contributed by atoms with Gasteiger partial charge in [0.2, 0.25) is 0 Å². The maximum absolute atomic E-state index is 15.1. The van der Waals surface area contributed by atoms with Crippen LogP contribution in [0.15, 0.2) is 176 Å². The first-order valence-corrected chi connectivity index (χ1v) is 24.9. The lowest BCUT2D eigenvalue weighted by atomic mass is 9.89. The smallest absolute Gasteiger partial charge is 0.124 e. The van der Waals surface area contributed by atoms with Gasteiger partial charge in [0.25, 0.3) is 0 Å². The van der Waals surface area contributed by atoms with Crippen molar-refractivity contribution in [3.63, 3.8) is 0 Å². The van der Waals surface area contributed by atoms with E-state index < -0.39 is 23.3 Å². The summed E-state index contributed by atoms with van der Waals surface area (Å²) in [6.45, 7) is 15.6. The normalized spacial score (nSPS) is 11.7. The van der Waals surface area contributed by atoms with E-state index in [9.17, 15) is 0 Å². The lowest BCUT2D eigenvalue weighted by molar-refractivity contribution is 0.533. The van der Waals surface area contributed by atoms with Crippen LogP contribution >= 0.6 is 0 Å².